The number of nitrogens with two attached hydrogens (primary N) is 1. The molecule has 4 atom stereocenters. The van der Waals surface area contributed by atoms with E-state index in [2.05, 4.69) is 5.32 Å². The van der Waals surface area contributed by atoms with Gasteiger partial charge in [0.05, 0.1) is 6.04 Å². The van der Waals surface area contributed by atoms with Crippen molar-refractivity contribution in [3.05, 3.63) is 0 Å². The molecule has 1 heterocycles. The predicted octanol–water partition coefficient (Wildman–Crippen LogP) is -1.91. The molecule has 0 aromatic heterocycles. The molecule has 1 aliphatic rings. The Hall–Kier alpha value is -1.16. The smallest absolute Gasteiger partial charge is 0.451 e. The van der Waals surface area contributed by atoms with Crippen LogP contribution in [-0.4, -0.2) is 70.8 Å². The van der Waals surface area contributed by atoms with Crippen LogP contribution in [0.1, 0.15) is 19.8 Å². The molecule has 0 aliphatic carbocycles. The number of carbonyl (C=O) groups is 2. The molecule has 1 fully saturated rings. The maximum atomic E-state index is 12.0. The Bertz CT molecular complexity index is 380. The van der Waals surface area contributed by atoms with E-state index in [1.54, 1.807) is 14.0 Å². The monoisotopic (exact) mass is 301 g/mol. The van der Waals surface area contributed by atoms with E-state index in [1.807, 2.05) is 0 Å². The number of carbonyl (C=O) groups excluding carboxylic acids is 1. The van der Waals surface area contributed by atoms with E-state index in [9.17, 15) is 14.7 Å². The van der Waals surface area contributed by atoms with Gasteiger partial charge < -0.3 is 31.1 Å². The summed E-state index contributed by atoms with van der Waals surface area (Å²) in [5.74, 6) is -1.48. The van der Waals surface area contributed by atoms with Gasteiger partial charge in [-0.15, -0.1) is 0 Å². The van der Waals surface area contributed by atoms with E-state index in [0.29, 0.717) is 19.4 Å². The molecule has 0 spiro atoms. The average molecular weight is 301 g/mol. The second kappa shape index (κ2) is 7.74. The van der Waals surface area contributed by atoms with Crippen LogP contribution >= 0.6 is 0 Å². The Labute approximate surface area is 124 Å². The highest BCUT2D eigenvalue weighted by Crippen LogP contribution is 2.26. The number of aliphatic carboxylic acids is 1. The zero-order valence-corrected chi connectivity index (χ0v) is 12.4. The summed E-state index contributed by atoms with van der Waals surface area (Å²) in [6.07, 6.45) is 1.15. The van der Waals surface area contributed by atoms with Crippen LogP contribution in [0, 0.1) is 5.92 Å². The van der Waals surface area contributed by atoms with Crippen molar-refractivity contribution >= 4 is 19.0 Å². The third kappa shape index (κ3) is 4.67. The standard InChI is InChI=1S/C12H24BN3O5/c1-7(14)11(17)16(2)9-6-15-10(12(18)19)8(9)4-3-5-13(20)21/h7-10,15,20-21H,3-6,14H2,1-2H3,(H,18,19)/t7?,8-,9+,10+/m1/s1. The van der Waals surface area contributed by atoms with Crippen LogP contribution in [0.25, 0.3) is 0 Å². The Morgan fingerprint density at radius 1 is 1.48 bits per heavy atom. The lowest BCUT2D eigenvalue weighted by Crippen LogP contribution is -2.49. The highest BCUT2D eigenvalue weighted by molar-refractivity contribution is 6.40. The van der Waals surface area contributed by atoms with Crippen LogP contribution in [0.15, 0.2) is 0 Å². The molecule has 0 aromatic carbocycles. The zero-order chi connectivity index (χ0) is 16.2. The number of nitrogens with one attached hydrogen (secondary N) is 1. The lowest BCUT2D eigenvalue weighted by molar-refractivity contribution is -0.141. The lowest BCUT2D eigenvalue weighted by atomic mass is 9.80. The fraction of sp³-hybridized carbons (Fsp3) is 0.833. The fourth-order valence-corrected chi connectivity index (χ4v) is 2.85. The van der Waals surface area contributed by atoms with Gasteiger partial charge in [0.2, 0.25) is 5.91 Å². The predicted molar refractivity (Wildman–Crippen MR) is 77.4 cm³/mol. The van der Waals surface area contributed by atoms with E-state index in [1.165, 1.54) is 4.90 Å². The first-order chi connectivity index (χ1) is 9.75. The first kappa shape index (κ1) is 17.9. The van der Waals surface area contributed by atoms with Crippen molar-refractivity contribution in [2.75, 3.05) is 13.6 Å². The molecule has 21 heavy (non-hydrogen) atoms. The topological polar surface area (TPSA) is 136 Å². The van der Waals surface area contributed by atoms with Crippen LogP contribution in [0.3, 0.4) is 0 Å². The van der Waals surface area contributed by atoms with Crippen molar-refractivity contribution < 1.29 is 24.7 Å². The summed E-state index contributed by atoms with van der Waals surface area (Å²) in [4.78, 5) is 24.8. The van der Waals surface area contributed by atoms with Crippen molar-refractivity contribution in [2.24, 2.45) is 11.7 Å². The van der Waals surface area contributed by atoms with Crippen LogP contribution in [-0.2, 0) is 9.59 Å². The van der Waals surface area contributed by atoms with Gasteiger partial charge in [-0.05, 0) is 19.7 Å². The summed E-state index contributed by atoms with van der Waals surface area (Å²) in [6, 6.07) is -1.65. The quantitative estimate of drug-likeness (QED) is 0.346. The molecule has 120 valence electrons. The number of hydrogen-bond acceptors (Lipinski definition) is 6. The fourth-order valence-electron chi connectivity index (χ4n) is 2.85. The van der Waals surface area contributed by atoms with Crippen molar-refractivity contribution in [1.29, 1.82) is 0 Å². The molecule has 6 N–H and O–H groups in total. The SMILES string of the molecule is CC(N)C(=O)N(C)[C@H]1CN[C@H](C(=O)O)[C@@H]1CCCB(O)O. The molecule has 8 nitrogen and oxygen atoms in total. The molecule has 0 radical (unpaired) electrons. The van der Waals surface area contributed by atoms with Gasteiger partial charge in [0.1, 0.15) is 6.04 Å². The molecule has 1 unspecified atom stereocenters. The highest BCUT2D eigenvalue weighted by atomic mass is 16.4. The number of hydrogen-bond donors (Lipinski definition) is 5. The summed E-state index contributed by atoms with van der Waals surface area (Å²) < 4.78 is 0. The summed E-state index contributed by atoms with van der Waals surface area (Å²) in [5, 5.41) is 29.9. The minimum atomic E-state index is -1.40. The summed E-state index contributed by atoms with van der Waals surface area (Å²) in [6.45, 7) is 1.98. The third-order valence-electron chi connectivity index (χ3n) is 3.97. The number of rotatable bonds is 7. The van der Waals surface area contributed by atoms with Crippen LogP contribution < -0.4 is 11.1 Å². The van der Waals surface area contributed by atoms with E-state index in [-0.39, 0.29) is 24.2 Å². The van der Waals surface area contributed by atoms with Crippen molar-refractivity contribution in [1.82, 2.24) is 10.2 Å². The third-order valence-corrected chi connectivity index (χ3v) is 3.97. The second-order valence-electron chi connectivity index (χ2n) is 5.60. The van der Waals surface area contributed by atoms with E-state index < -0.39 is 25.2 Å². The average Bonchev–Trinajstić information content (AvgIpc) is 2.80. The van der Waals surface area contributed by atoms with E-state index >= 15 is 0 Å². The molecular formula is C12H24BN3O5. The Morgan fingerprint density at radius 3 is 2.57 bits per heavy atom. The minimum Gasteiger partial charge on any atom is -0.480 e. The molecule has 1 saturated heterocycles. The second-order valence-corrected chi connectivity index (χ2v) is 5.60. The van der Waals surface area contributed by atoms with Gasteiger partial charge in [0, 0.05) is 25.6 Å². The molecule has 0 aromatic rings. The van der Waals surface area contributed by atoms with Crippen molar-refractivity contribution in [3.63, 3.8) is 0 Å². The highest BCUT2D eigenvalue weighted by Gasteiger charge is 2.43. The maximum Gasteiger partial charge on any atom is 0.451 e. The van der Waals surface area contributed by atoms with Gasteiger partial charge in [-0.3, -0.25) is 9.59 Å². The van der Waals surface area contributed by atoms with Gasteiger partial charge in [-0.25, -0.2) is 0 Å². The van der Waals surface area contributed by atoms with Crippen molar-refractivity contribution in [2.45, 2.75) is 44.2 Å². The molecule has 0 saturated carbocycles. The van der Waals surface area contributed by atoms with Gasteiger partial charge in [-0.1, -0.05) is 6.42 Å². The van der Waals surface area contributed by atoms with Crippen LogP contribution in [0.2, 0.25) is 6.32 Å². The van der Waals surface area contributed by atoms with Gasteiger partial charge in [0.25, 0.3) is 0 Å². The Balaban J connectivity index is 2.76. The first-order valence-corrected chi connectivity index (χ1v) is 7.10. The summed E-state index contributed by atoms with van der Waals surface area (Å²) >= 11 is 0. The number of amides is 1. The largest absolute Gasteiger partial charge is 0.480 e. The lowest BCUT2D eigenvalue weighted by Gasteiger charge is -2.31. The number of carboxylic acids is 1. The minimum absolute atomic E-state index is 0.181. The van der Waals surface area contributed by atoms with Gasteiger partial charge >= 0.3 is 13.1 Å². The Kier molecular flexibility index (Phi) is 6.60. The van der Waals surface area contributed by atoms with Gasteiger partial charge in [0.15, 0.2) is 0 Å². The summed E-state index contributed by atoms with van der Waals surface area (Å²) in [7, 11) is 0.223. The van der Waals surface area contributed by atoms with E-state index in [4.69, 9.17) is 15.8 Å². The molecule has 1 aliphatic heterocycles. The molecule has 9 heteroatoms. The molecule has 0 bridgehead atoms. The number of likely N-dealkylation sites (N-methyl/N-ethyl adjacent to an activating group) is 1. The maximum absolute atomic E-state index is 12.0. The number of carboxylic acid groups (broad SMARTS) is 1. The Morgan fingerprint density at radius 2 is 2.10 bits per heavy atom. The van der Waals surface area contributed by atoms with Crippen LogP contribution in [0.5, 0.6) is 0 Å². The normalized spacial score (nSPS) is 26.4. The zero-order valence-electron chi connectivity index (χ0n) is 12.4. The van der Waals surface area contributed by atoms with Crippen LogP contribution in [0.4, 0.5) is 0 Å². The van der Waals surface area contributed by atoms with Crippen molar-refractivity contribution in [3.8, 4) is 0 Å². The van der Waals surface area contributed by atoms with Gasteiger partial charge in [-0.2, -0.15) is 0 Å². The molecule has 1 rings (SSSR count). The summed E-state index contributed by atoms with van der Waals surface area (Å²) in [5.41, 5.74) is 5.59. The molecule has 1 amide bonds. The molecular weight excluding hydrogens is 277 g/mol. The first-order valence-electron chi connectivity index (χ1n) is 7.10. The van der Waals surface area contributed by atoms with E-state index in [0.717, 1.165) is 0 Å². The number of nitrogens with zero attached hydrogens (tertiary/aromatic N) is 1.